The fraction of sp³-hybridized carbons (Fsp3) is 0.737. The van der Waals surface area contributed by atoms with E-state index in [0.29, 0.717) is 11.8 Å². The van der Waals surface area contributed by atoms with Crippen LogP contribution in [0.4, 0.5) is 5.82 Å². The minimum atomic E-state index is -0.470. The van der Waals surface area contributed by atoms with Gasteiger partial charge in [-0.1, -0.05) is 19.3 Å². The van der Waals surface area contributed by atoms with Gasteiger partial charge in [-0.25, -0.2) is 0 Å². The largest absolute Gasteiger partial charge is 0.389 e. The number of nitrogens with one attached hydrogen (secondary N) is 1. The predicted molar refractivity (Wildman–Crippen MR) is 99.4 cm³/mol. The molecular formula is C19H28N6O. The Morgan fingerprint density at radius 3 is 2.69 bits per heavy atom. The summed E-state index contributed by atoms with van der Waals surface area (Å²) in [4.78, 5) is 2.32. The van der Waals surface area contributed by atoms with Crippen LogP contribution in [0, 0.1) is 5.92 Å². The second kappa shape index (κ2) is 6.46. The molecule has 0 atom stereocenters. The smallest absolute Gasteiger partial charge is 0.178 e. The highest BCUT2D eigenvalue weighted by Gasteiger charge is 2.32. The van der Waals surface area contributed by atoms with Crippen LogP contribution < -0.4 is 10.2 Å². The molecule has 0 radical (unpaired) electrons. The number of nitrogens with zero attached hydrogens (tertiary/aromatic N) is 5. The zero-order valence-corrected chi connectivity index (χ0v) is 15.3. The van der Waals surface area contributed by atoms with E-state index in [9.17, 15) is 5.11 Å². The summed E-state index contributed by atoms with van der Waals surface area (Å²) in [6.07, 6.45) is 7.90. The third-order valence-electron chi connectivity index (χ3n) is 6.17. The van der Waals surface area contributed by atoms with Crippen molar-refractivity contribution >= 4 is 11.5 Å². The van der Waals surface area contributed by atoms with Gasteiger partial charge in [0.05, 0.1) is 5.60 Å². The molecule has 0 unspecified atom stereocenters. The summed E-state index contributed by atoms with van der Waals surface area (Å²) < 4.78 is 1.93. The molecule has 3 fully saturated rings. The van der Waals surface area contributed by atoms with Gasteiger partial charge in [0.1, 0.15) is 5.82 Å². The predicted octanol–water partition coefficient (Wildman–Crippen LogP) is 1.72. The normalized spacial score (nSPS) is 23.3. The van der Waals surface area contributed by atoms with Gasteiger partial charge < -0.3 is 15.3 Å². The van der Waals surface area contributed by atoms with Crippen molar-refractivity contribution < 1.29 is 5.11 Å². The monoisotopic (exact) mass is 356 g/mol. The summed E-state index contributed by atoms with van der Waals surface area (Å²) in [5, 5.41) is 27.4. The minimum Gasteiger partial charge on any atom is -0.389 e. The van der Waals surface area contributed by atoms with Gasteiger partial charge in [-0.3, -0.25) is 0 Å². The highest BCUT2D eigenvalue weighted by Crippen LogP contribution is 2.39. The van der Waals surface area contributed by atoms with Crippen LogP contribution in [0.3, 0.4) is 0 Å². The molecule has 7 nitrogen and oxygen atoms in total. The maximum absolute atomic E-state index is 10.6. The SMILES string of the molecule is OC1(CNCC2CN(c3ccc4nnc(C5CC5)n4n3)C2)CCCCC1. The van der Waals surface area contributed by atoms with Crippen molar-refractivity contribution in [1.29, 1.82) is 0 Å². The van der Waals surface area contributed by atoms with Gasteiger partial charge in [-0.05, 0) is 37.8 Å². The van der Waals surface area contributed by atoms with Gasteiger partial charge >= 0.3 is 0 Å². The van der Waals surface area contributed by atoms with E-state index in [1.807, 2.05) is 10.6 Å². The topological polar surface area (TPSA) is 78.6 Å². The lowest BCUT2D eigenvalue weighted by atomic mass is 9.85. The molecule has 2 aromatic heterocycles. The number of aliphatic hydroxyl groups is 1. The van der Waals surface area contributed by atoms with E-state index < -0.39 is 5.60 Å². The molecule has 2 aromatic rings. The molecule has 2 N–H and O–H groups in total. The molecule has 3 aliphatic rings. The molecule has 2 saturated carbocycles. The maximum atomic E-state index is 10.6. The van der Waals surface area contributed by atoms with Crippen molar-refractivity contribution in [2.45, 2.75) is 56.5 Å². The van der Waals surface area contributed by atoms with Gasteiger partial charge in [0.15, 0.2) is 11.5 Å². The fourth-order valence-electron chi connectivity index (χ4n) is 4.34. The van der Waals surface area contributed by atoms with Crippen LogP contribution in [0.2, 0.25) is 0 Å². The Balaban J connectivity index is 1.14. The zero-order chi connectivity index (χ0) is 17.6. The zero-order valence-electron chi connectivity index (χ0n) is 15.3. The average Bonchev–Trinajstić information content (AvgIpc) is 3.37. The van der Waals surface area contributed by atoms with E-state index in [1.165, 1.54) is 19.3 Å². The van der Waals surface area contributed by atoms with Crippen molar-refractivity contribution in [3.8, 4) is 0 Å². The molecule has 1 aliphatic heterocycles. The summed E-state index contributed by atoms with van der Waals surface area (Å²) in [5.41, 5.74) is 0.372. The van der Waals surface area contributed by atoms with Gasteiger partial charge in [0.25, 0.3) is 0 Å². The van der Waals surface area contributed by atoms with Crippen LogP contribution in [-0.2, 0) is 0 Å². The first kappa shape index (κ1) is 16.4. The third-order valence-corrected chi connectivity index (χ3v) is 6.17. The van der Waals surface area contributed by atoms with Gasteiger partial charge in [0.2, 0.25) is 0 Å². The second-order valence-electron chi connectivity index (χ2n) is 8.48. The van der Waals surface area contributed by atoms with Crippen molar-refractivity contribution in [1.82, 2.24) is 25.1 Å². The van der Waals surface area contributed by atoms with Gasteiger partial charge in [-0.15, -0.1) is 15.3 Å². The Morgan fingerprint density at radius 2 is 1.92 bits per heavy atom. The molecule has 26 heavy (non-hydrogen) atoms. The molecule has 5 rings (SSSR count). The lowest BCUT2D eigenvalue weighted by Crippen LogP contribution is -2.53. The van der Waals surface area contributed by atoms with Crippen LogP contribution in [0.15, 0.2) is 12.1 Å². The van der Waals surface area contributed by atoms with Crippen molar-refractivity contribution in [3.63, 3.8) is 0 Å². The fourth-order valence-corrected chi connectivity index (χ4v) is 4.34. The number of hydrogen-bond acceptors (Lipinski definition) is 6. The molecule has 7 heteroatoms. The van der Waals surface area contributed by atoms with Gasteiger partial charge in [0, 0.05) is 38.0 Å². The van der Waals surface area contributed by atoms with Crippen LogP contribution >= 0.6 is 0 Å². The number of fused-ring (bicyclic) bond motifs is 1. The molecule has 0 amide bonds. The van der Waals surface area contributed by atoms with Crippen LogP contribution in [0.25, 0.3) is 5.65 Å². The van der Waals surface area contributed by atoms with Crippen LogP contribution in [0.1, 0.15) is 56.7 Å². The third kappa shape index (κ3) is 3.18. The number of hydrogen-bond donors (Lipinski definition) is 2. The molecular weight excluding hydrogens is 328 g/mol. The molecule has 0 aromatic carbocycles. The van der Waals surface area contributed by atoms with E-state index in [0.717, 1.165) is 69.2 Å². The van der Waals surface area contributed by atoms with Gasteiger partial charge in [-0.2, -0.15) is 4.52 Å². The number of anilines is 1. The van der Waals surface area contributed by atoms with E-state index in [2.05, 4.69) is 26.5 Å². The van der Waals surface area contributed by atoms with Crippen LogP contribution in [-0.4, -0.2) is 56.7 Å². The Kier molecular flexibility index (Phi) is 4.09. The first-order valence-electron chi connectivity index (χ1n) is 10.1. The Labute approximate surface area is 153 Å². The van der Waals surface area contributed by atoms with Crippen LogP contribution in [0.5, 0.6) is 0 Å². The summed E-state index contributed by atoms with van der Waals surface area (Å²) >= 11 is 0. The number of rotatable bonds is 6. The summed E-state index contributed by atoms with van der Waals surface area (Å²) in [7, 11) is 0. The Morgan fingerprint density at radius 1 is 1.12 bits per heavy atom. The highest BCUT2D eigenvalue weighted by atomic mass is 16.3. The summed E-state index contributed by atoms with van der Waals surface area (Å²) in [6.45, 7) is 3.75. The van der Waals surface area contributed by atoms with E-state index in [-0.39, 0.29) is 0 Å². The first-order chi connectivity index (χ1) is 12.7. The maximum Gasteiger partial charge on any atom is 0.178 e. The Hall–Kier alpha value is -1.73. The van der Waals surface area contributed by atoms with Crippen molar-refractivity contribution in [3.05, 3.63) is 18.0 Å². The van der Waals surface area contributed by atoms with E-state index >= 15 is 0 Å². The molecule has 1 saturated heterocycles. The summed E-state index contributed by atoms with van der Waals surface area (Å²) in [6, 6.07) is 4.07. The molecule has 0 bridgehead atoms. The average molecular weight is 356 g/mol. The van der Waals surface area contributed by atoms with Crippen molar-refractivity contribution in [2.75, 3.05) is 31.1 Å². The Bertz CT molecular complexity index is 773. The molecule has 140 valence electrons. The number of aromatic nitrogens is 4. The second-order valence-corrected chi connectivity index (χ2v) is 8.48. The minimum absolute atomic E-state index is 0.470. The molecule has 3 heterocycles. The quantitative estimate of drug-likeness (QED) is 0.821. The summed E-state index contributed by atoms with van der Waals surface area (Å²) in [5.74, 6) is 3.21. The molecule has 2 aliphatic carbocycles. The first-order valence-corrected chi connectivity index (χ1v) is 10.1. The van der Waals surface area contributed by atoms with E-state index in [4.69, 9.17) is 5.10 Å². The lowest BCUT2D eigenvalue weighted by Gasteiger charge is -2.41. The van der Waals surface area contributed by atoms with Crippen molar-refractivity contribution in [2.24, 2.45) is 5.92 Å². The standard InChI is InChI=1S/C19H28N6O/c26-19(8-2-1-3-9-19)13-20-10-14-11-24(12-14)17-7-6-16-21-22-18(15-4-5-15)25(16)23-17/h6-7,14-15,20,26H,1-5,8-13H2. The highest BCUT2D eigenvalue weighted by molar-refractivity contribution is 5.47. The van der Waals surface area contributed by atoms with E-state index in [1.54, 1.807) is 0 Å². The molecule has 0 spiro atoms. The lowest BCUT2D eigenvalue weighted by molar-refractivity contribution is 0.00411.